The fourth-order valence-electron chi connectivity index (χ4n) is 4.18. The maximum atomic E-state index is 11.2. The number of nitrogens with two attached hydrogens (primary N) is 1. The number of hydrogen-bond donors (Lipinski definition) is 4. The van der Waals surface area contributed by atoms with Crippen molar-refractivity contribution >= 4 is 5.91 Å². The minimum atomic E-state index is -0.616. The van der Waals surface area contributed by atoms with Crippen molar-refractivity contribution in [2.24, 2.45) is 11.7 Å². The number of allylic oxidation sites excluding steroid dienone is 2. The molecule has 35 heavy (non-hydrogen) atoms. The second-order valence-corrected chi connectivity index (χ2v) is 9.57. The van der Waals surface area contributed by atoms with Crippen molar-refractivity contribution in [2.75, 3.05) is 13.2 Å². The van der Waals surface area contributed by atoms with E-state index in [-0.39, 0.29) is 24.1 Å². The Morgan fingerprint density at radius 1 is 1.11 bits per heavy atom. The van der Waals surface area contributed by atoms with Crippen molar-refractivity contribution < 1.29 is 19.4 Å². The van der Waals surface area contributed by atoms with Crippen LogP contribution in [-0.4, -0.2) is 41.9 Å². The first-order valence-electron chi connectivity index (χ1n) is 11.8. The predicted octanol–water partition coefficient (Wildman–Crippen LogP) is 3.42. The maximum absolute atomic E-state index is 11.2. The molecule has 0 saturated heterocycles. The molecule has 0 fully saturated rings. The second-order valence-electron chi connectivity index (χ2n) is 9.57. The van der Waals surface area contributed by atoms with Crippen molar-refractivity contribution in [3.63, 3.8) is 0 Å². The molecule has 5 N–H and O–H groups in total. The van der Waals surface area contributed by atoms with Crippen LogP contribution in [-0.2, 0) is 11.2 Å². The van der Waals surface area contributed by atoms with E-state index in [4.69, 9.17) is 15.2 Å². The highest BCUT2D eigenvalue weighted by Gasteiger charge is 2.27. The summed E-state index contributed by atoms with van der Waals surface area (Å²) < 4.78 is 11.8. The first-order valence-corrected chi connectivity index (χ1v) is 11.8. The van der Waals surface area contributed by atoms with Crippen LogP contribution in [0.25, 0.3) is 0 Å². The second kappa shape index (κ2) is 10.8. The van der Waals surface area contributed by atoms with Gasteiger partial charge in [0.1, 0.15) is 30.0 Å². The Morgan fingerprint density at radius 3 is 2.49 bits per heavy atom. The Labute approximate surface area is 206 Å². The molecule has 2 aromatic carbocycles. The molecular weight excluding hydrogens is 442 g/mol. The number of benzene rings is 2. The minimum absolute atomic E-state index is 0.193. The van der Waals surface area contributed by atoms with E-state index in [2.05, 4.69) is 36.6 Å². The molecule has 7 heteroatoms. The zero-order chi connectivity index (χ0) is 24.8. The molecule has 2 aromatic rings. The van der Waals surface area contributed by atoms with Gasteiger partial charge in [-0.1, -0.05) is 30.4 Å². The van der Waals surface area contributed by atoms with Gasteiger partial charge < -0.3 is 30.9 Å². The van der Waals surface area contributed by atoms with E-state index < -0.39 is 12.0 Å². The fraction of sp³-hybridized carbons (Fsp3) is 0.321. The highest BCUT2D eigenvalue weighted by atomic mass is 16.5. The molecule has 1 amide bonds. The lowest BCUT2D eigenvalue weighted by Crippen LogP contribution is -2.46. The Balaban J connectivity index is 1.22. The normalized spacial score (nSPS) is 19.5. The zero-order valence-corrected chi connectivity index (χ0v) is 20.1. The third-order valence-corrected chi connectivity index (χ3v) is 6.09. The summed E-state index contributed by atoms with van der Waals surface area (Å²) in [6.07, 6.45) is 10.3. The summed E-state index contributed by atoms with van der Waals surface area (Å²) in [6.45, 7) is 4.89. The smallest absolute Gasteiger partial charge is 0.248 e. The molecule has 0 radical (unpaired) electrons. The fourth-order valence-corrected chi connectivity index (χ4v) is 4.18. The van der Waals surface area contributed by atoms with Gasteiger partial charge in [0.25, 0.3) is 0 Å². The highest BCUT2D eigenvalue weighted by molar-refractivity contribution is 5.92. The van der Waals surface area contributed by atoms with Crippen molar-refractivity contribution in [3.05, 3.63) is 95.9 Å². The van der Waals surface area contributed by atoms with Crippen molar-refractivity contribution in [1.29, 1.82) is 0 Å². The SMILES string of the molecule is CC(C)(Cc1ccc(Oc2ccc(C(N)=O)cc2)cc1)NCC(O)COC1=CC=CC2NC=CC12. The molecule has 184 valence electrons. The number of carbonyl (C=O) groups excluding carboxylic acids is 1. The molecule has 4 rings (SSSR count). The Kier molecular flexibility index (Phi) is 7.58. The van der Waals surface area contributed by atoms with Crippen LogP contribution in [0.15, 0.2) is 84.8 Å². The first kappa shape index (κ1) is 24.6. The number of hydrogen-bond acceptors (Lipinski definition) is 6. The Morgan fingerprint density at radius 2 is 1.80 bits per heavy atom. The average molecular weight is 476 g/mol. The number of carbonyl (C=O) groups is 1. The molecule has 0 spiro atoms. The van der Waals surface area contributed by atoms with E-state index in [1.54, 1.807) is 24.3 Å². The van der Waals surface area contributed by atoms with Crippen LogP contribution in [0.4, 0.5) is 0 Å². The topological polar surface area (TPSA) is 106 Å². The number of aliphatic hydroxyl groups is 1. The van der Waals surface area contributed by atoms with Crippen LogP contribution in [0.1, 0.15) is 29.8 Å². The number of fused-ring (bicyclic) bond motifs is 1. The van der Waals surface area contributed by atoms with E-state index in [1.165, 1.54) is 0 Å². The lowest BCUT2D eigenvalue weighted by molar-refractivity contribution is 0.0578. The number of aliphatic hydroxyl groups excluding tert-OH is 1. The van der Waals surface area contributed by atoms with Crippen molar-refractivity contribution in [2.45, 2.75) is 38.0 Å². The van der Waals surface area contributed by atoms with E-state index in [0.717, 1.165) is 17.7 Å². The predicted molar refractivity (Wildman–Crippen MR) is 136 cm³/mol. The van der Waals surface area contributed by atoms with E-state index >= 15 is 0 Å². The summed E-state index contributed by atoms with van der Waals surface area (Å²) >= 11 is 0. The van der Waals surface area contributed by atoms with Gasteiger partial charge in [0, 0.05) is 17.6 Å². The van der Waals surface area contributed by atoms with E-state index in [0.29, 0.717) is 23.6 Å². The quantitative estimate of drug-likeness (QED) is 0.397. The van der Waals surface area contributed by atoms with Gasteiger partial charge in [-0.15, -0.1) is 0 Å². The molecule has 7 nitrogen and oxygen atoms in total. The van der Waals surface area contributed by atoms with Gasteiger partial charge in [0.05, 0.1) is 12.0 Å². The number of nitrogens with one attached hydrogen (secondary N) is 2. The van der Waals surface area contributed by atoms with Gasteiger partial charge >= 0.3 is 0 Å². The standard InChI is InChI=1S/C28H33N3O4/c1-28(2,31-17-21(32)18-34-26-5-3-4-25-24(26)14-15-30-25)16-19-6-10-22(11-7-19)35-23-12-8-20(9-13-23)27(29)33/h3-15,21,24-25,30-32H,16-18H2,1-2H3,(H2,29,33). The number of rotatable bonds is 11. The summed E-state index contributed by atoms with van der Waals surface area (Å²) in [5, 5.41) is 17.2. The number of amides is 1. The maximum Gasteiger partial charge on any atom is 0.248 e. The average Bonchev–Trinajstić information content (AvgIpc) is 3.32. The first-order chi connectivity index (χ1) is 16.8. The molecule has 1 heterocycles. The van der Waals surface area contributed by atoms with Crippen LogP contribution in [0, 0.1) is 5.92 Å². The summed E-state index contributed by atoms with van der Waals surface area (Å²) in [5.74, 6) is 1.95. The van der Waals surface area contributed by atoms with Gasteiger partial charge in [0.2, 0.25) is 5.91 Å². The molecule has 0 saturated carbocycles. The van der Waals surface area contributed by atoms with Gasteiger partial charge in [0.15, 0.2) is 0 Å². The van der Waals surface area contributed by atoms with Crippen LogP contribution >= 0.6 is 0 Å². The van der Waals surface area contributed by atoms with Gasteiger partial charge in [-0.05, 0) is 74.5 Å². The summed E-state index contributed by atoms with van der Waals surface area (Å²) in [4.78, 5) is 11.2. The highest BCUT2D eigenvalue weighted by Crippen LogP contribution is 2.27. The van der Waals surface area contributed by atoms with Crippen LogP contribution in [0.3, 0.4) is 0 Å². The van der Waals surface area contributed by atoms with Crippen LogP contribution in [0.2, 0.25) is 0 Å². The summed E-state index contributed by atoms with van der Waals surface area (Å²) in [7, 11) is 0. The van der Waals surface area contributed by atoms with Gasteiger partial charge in [-0.2, -0.15) is 0 Å². The minimum Gasteiger partial charge on any atom is -0.494 e. The summed E-state index contributed by atoms with van der Waals surface area (Å²) in [5.41, 5.74) is 6.64. The third kappa shape index (κ3) is 6.74. The van der Waals surface area contributed by atoms with Crippen molar-refractivity contribution in [1.82, 2.24) is 10.6 Å². The molecule has 1 aliphatic carbocycles. The molecule has 2 aliphatic rings. The van der Waals surface area contributed by atoms with Gasteiger partial charge in [-0.25, -0.2) is 0 Å². The van der Waals surface area contributed by atoms with Crippen LogP contribution in [0.5, 0.6) is 11.5 Å². The largest absolute Gasteiger partial charge is 0.494 e. The molecule has 0 bridgehead atoms. The van der Waals surface area contributed by atoms with E-state index in [9.17, 15) is 9.90 Å². The molecule has 3 atom stereocenters. The Hall–Kier alpha value is -3.55. The molecule has 1 aliphatic heterocycles. The molecular formula is C28H33N3O4. The van der Waals surface area contributed by atoms with Gasteiger partial charge in [-0.3, -0.25) is 4.79 Å². The summed E-state index contributed by atoms with van der Waals surface area (Å²) in [6, 6.07) is 14.9. The lowest BCUT2D eigenvalue weighted by Gasteiger charge is -2.29. The lowest BCUT2D eigenvalue weighted by atomic mass is 9.94. The van der Waals surface area contributed by atoms with E-state index in [1.807, 2.05) is 42.6 Å². The number of β-amino-alcohol motifs (C(OH)–C–C–N with tert-alkyl or cyclic N) is 1. The zero-order valence-electron chi connectivity index (χ0n) is 20.1. The monoisotopic (exact) mass is 475 g/mol. The number of primary amides is 1. The number of ether oxygens (including phenoxy) is 2. The van der Waals surface area contributed by atoms with Crippen LogP contribution < -0.4 is 21.1 Å². The molecule has 3 unspecified atom stereocenters. The Bertz CT molecular complexity index is 1100. The third-order valence-electron chi connectivity index (χ3n) is 6.09. The van der Waals surface area contributed by atoms with Crippen molar-refractivity contribution in [3.8, 4) is 11.5 Å². The molecule has 0 aromatic heterocycles.